The van der Waals surface area contributed by atoms with Crippen LogP contribution in [0.5, 0.6) is 0 Å². The molecule has 1 rings (SSSR count). The molecule has 0 amide bonds. The first-order valence-corrected chi connectivity index (χ1v) is 5.37. The maximum atomic E-state index is 4.15. The van der Waals surface area contributed by atoms with E-state index in [1.54, 1.807) is 0 Å². The Morgan fingerprint density at radius 1 is 0.824 bits per heavy atom. The maximum Gasteiger partial charge on any atom is 2.00 e. The van der Waals surface area contributed by atoms with Gasteiger partial charge < -0.3 is 14.7 Å². The monoisotopic (exact) mass is 271 g/mol. The summed E-state index contributed by atoms with van der Waals surface area (Å²) < 4.78 is 0. The Bertz CT molecular complexity index is 217. The van der Waals surface area contributed by atoms with Crippen LogP contribution in [0.4, 0.5) is 0 Å². The molecule has 0 radical (unpaired) electrons. The number of hydrogen-bond acceptors (Lipinski definition) is 3. The summed E-state index contributed by atoms with van der Waals surface area (Å²) in [6, 6.07) is 10.0. The van der Waals surface area contributed by atoms with E-state index in [0.29, 0.717) is 0 Å². The zero-order valence-corrected chi connectivity index (χ0v) is 13.5. The van der Waals surface area contributed by atoms with Crippen LogP contribution >= 0.6 is 0 Å². The molecule has 0 saturated carbocycles. The molecule has 0 aromatic heterocycles. The van der Waals surface area contributed by atoms with E-state index in [1.165, 1.54) is 0 Å². The van der Waals surface area contributed by atoms with Gasteiger partial charge in [-0.05, 0) is 48.1 Å². The van der Waals surface area contributed by atoms with E-state index in [1.807, 2.05) is 72.6 Å². The van der Waals surface area contributed by atoms with Gasteiger partial charge in [-0.3, -0.25) is 6.92 Å². The summed E-state index contributed by atoms with van der Waals surface area (Å²) in [6.45, 7) is 4.15. The zero-order chi connectivity index (χ0) is 12.8. The molecule has 3 nitrogen and oxygen atoms in total. The first kappa shape index (κ1) is 19.3. The molecule has 1 aromatic rings. The van der Waals surface area contributed by atoms with Crippen molar-refractivity contribution < 1.29 is 21.7 Å². The summed E-state index contributed by atoms with van der Waals surface area (Å²) in [7, 11) is 12.1. The summed E-state index contributed by atoms with van der Waals surface area (Å²) in [6.07, 6.45) is 0. The Morgan fingerprint density at radius 3 is 1.18 bits per heavy atom. The van der Waals surface area contributed by atoms with Crippen molar-refractivity contribution in [3.63, 3.8) is 0 Å². The first-order valence-electron chi connectivity index (χ1n) is 5.37. The van der Waals surface area contributed by atoms with E-state index in [0.717, 1.165) is 0 Å². The van der Waals surface area contributed by atoms with Gasteiger partial charge in [0.2, 0.25) is 0 Å². The third-order valence-electron chi connectivity index (χ3n) is 2.70. The van der Waals surface area contributed by atoms with Crippen molar-refractivity contribution in [3.8, 4) is 0 Å². The quantitative estimate of drug-likeness (QED) is 0.469. The smallest absolute Gasteiger partial charge is 0.306 e. The fourth-order valence-corrected chi connectivity index (χ4v) is 1.52. The summed E-state index contributed by atoms with van der Waals surface area (Å²) in [5, 5.41) is 0. The molecule has 0 spiro atoms. The van der Waals surface area contributed by atoms with Crippen molar-refractivity contribution in [3.05, 3.63) is 37.3 Å². The van der Waals surface area contributed by atoms with Crippen LogP contribution in [0, 0.1) is 6.92 Å². The molecule has 0 N–H and O–H groups in total. The molecule has 0 aliphatic carbocycles. The Morgan fingerprint density at radius 2 is 1.12 bits per heavy atom. The SMILES string of the molecule is [CH2-]C(N(C)C)(N(C)C)N(C)C.[Ti+2].c1cc[cH-]c1. The van der Waals surface area contributed by atoms with Gasteiger partial charge in [0, 0.05) is 0 Å². The molecule has 0 heterocycles. The second-order valence-corrected chi connectivity index (χ2v) is 4.42. The van der Waals surface area contributed by atoms with Crippen LogP contribution in [0.3, 0.4) is 0 Å². The van der Waals surface area contributed by atoms with Crippen LogP contribution < -0.4 is 0 Å². The predicted molar refractivity (Wildman–Crippen MR) is 71.2 cm³/mol. The maximum absolute atomic E-state index is 4.15. The Hall–Kier alpha value is -0.0557. The van der Waals surface area contributed by atoms with Crippen molar-refractivity contribution in [1.29, 1.82) is 0 Å². The van der Waals surface area contributed by atoms with Gasteiger partial charge in [0.1, 0.15) is 0 Å². The van der Waals surface area contributed by atoms with E-state index in [9.17, 15) is 0 Å². The van der Waals surface area contributed by atoms with Crippen molar-refractivity contribution in [2.24, 2.45) is 0 Å². The molecule has 0 unspecified atom stereocenters. The average Bonchev–Trinajstić information content (AvgIpc) is 2.73. The van der Waals surface area contributed by atoms with Crippen molar-refractivity contribution in [1.82, 2.24) is 14.7 Å². The van der Waals surface area contributed by atoms with Gasteiger partial charge in [0.25, 0.3) is 0 Å². The molecule has 4 heteroatoms. The van der Waals surface area contributed by atoms with Crippen molar-refractivity contribution >= 4 is 0 Å². The van der Waals surface area contributed by atoms with Crippen LogP contribution in [-0.2, 0) is 21.7 Å². The largest absolute Gasteiger partial charge is 2.00 e. The summed E-state index contributed by atoms with van der Waals surface area (Å²) in [4.78, 5) is 6.23. The number of rotatable bonds is 3. The molecule has 0 atom stereocenters. The average molecular weight is 271 g/mol. The van der Waals surface area contributed by atoms with Crippen LogP contribution in [0.15, 0.2) is 30.3 Å². The van der Waals surface area contributed by atoms with E-state index in [-0.39, 0.29) is 27.5 Å². The zero-order valence-electron chi connectivity index (χ0n) is 11.9. The number of hydrogen-bond donors (Lipinski definition) is 0. The molecular weight excluding hydrogens is 246 g/mol. The minimum absolute atomic E-state index is 0. The first-order chi connectivity index (χ1) is 7.33. The Kier molecular flexibility index (Phi) is 10.2. The summed E-state index contributed by atoms with van der Waals surface area (Å²) in [5.74, 6) is -0.250. The van der Waals surface area contributed by atoms with Crippen LogP contribution in [0.1, 0.15) is 0 Å². The van der Waals surface area contributed by atoms with Crippen LogP contribution in [0.25, 0.3) is 0 Å². The Balaban J connectivity index is 0. The molecule has 0 fully saturated rings. The molecule has 0 saturated heterocycles. The molecule has 0 aliphatic rings. The van der Waals surface area contributed by atoms with Gasteiger partial charge >= 0.3 is 21.7 Å². The standard InChI is InChI=1S/C8H20N3.C5H5.Ti/c1-8(9(2)3,10(4)5)11(6)7;1-2-4-5-3-1;/h1H2,2-7H3;1-5H;/q2*-1;+2. The molecule has 17 heavy (non-hydrogen) atoms. The van der Waals surface area contributed by atoms with Crippen LogP contribution in [0.2, 0.25) is 0 Å². The minimum Gasteiger partial charge on any atom is -0.306 e. The van der Waals surface area contributed by atoms with Gasteiger partial charge in [-0.2, -0.15) is 18.2 Å². The topological polar surface area (TPSA) is 9.72 Å². The molecular formula is C13H25N3Ti. The molecule has 1 aromatic carbocycles. The normalized spacial score (nSPS) is 11.2. The molecule has 0 aliphatic heterocycles. The third-order valence-corrected chi connectivity index (χ3v) is 2.70. The Labute approximate surface area is 122 Å². The fourth-order valence-electron chi connectivity index (χ4n) is 1.52. The summed E-state index contributed by atoms with van der Waals surface area (Å²) >= 11 is 0. The molecule has 96 valence electrons. The second kappa shape index (κ2) is 8.95. The fraction of sp³-hybridized carbons (Fsp3) is 0.538. The van der Waals surface area contributed by atoms with E-state index >= 15 is 0 Å². The van der Waals surface area contributed by atoms with Crippen molar-refractivity contribution in [2.75, 3.05) is 42.3 Å². The van der Waals surface area contributed by atoms with Crippen molar-refractivity contribution in [2.45, 2.75) is 5.79 Å². The second-order valence-electron chi connectivity index (χ2n) is 4.42. The third kappa shape index (κ3) is 5.89. The molecule has 0 bridgehead atoms. The van der Waals surface area contributed by atoms with Gasteiger partial charge in [-0.15, -0.1) is 0 Å². The minimum atomic E-state index is -0.250. The van der Waals surface area contributed by atoms with E-state index in [2.05, 4.69) is 21.6 Å². The van der Waals surface area contributed by atoms with Gasteiger partial charge in [-0.25, -0.2) is 12.1 Å². The van der Waals surface area contributed by atoms with Crippen LogP contribution in [-0.4, -0.2) is 62.8 Å². The number of nitrogens with zero attached hydrogens (tertiary/aromatic N) is 3. The van der Waals surface area contributed by atoms with E-state index in [4.69, 9.17) is 0 Å². The van der Waals surface area contributed by atoms with Gasteiger partial charge in [0.15, 0.2) is 0 Å². The predicted octanol–water partition coefficient (Wildman–Crippen LogP) is 1.56. The van der Waals surface area contributed by atoms with Gasteiger partial charge in [0.05, 0.1) is 0 Å². The summed E-state index contributed by atoms with van der Waals surface area (Å²) in [5.41, 5.74) is 0. The van der Waals surface area contributed by atoms with E-state index < -0.39 is 0 Å². The van der Waals surface area contributed by atoms with Gasteiger partial charge in [-0.1, -0.05) is 0 Å².